The molecule has 0 unspecified atom stereocenters. The molecule has 2 aromatic rings. The molecule has 3 N–H and O–H groups in total. The SMILES string of the molecule is CCc1ccccc1NS(=O)(=O)c1ccc(N)cc1C#N. The summed E-state index contributed by atoms with van der Waals surface area (Å²) in [5, 5.41) is 9.08. The fourth-order valence-electron chi connectivity index (χ4n) is 2.00. The highest BCUT2D eigenvalue weighted by Crippen LogP contribution is 2.23. The van der Waals surface area contributed by atoms with E-state index in [1.165, 1.54) is 18.2 Å². The number of benzene rings is 2. The van der Waals surface area contributed by atoms with Crippen LogP contribution in [0, 0.1) is 11.3 Å². The zero-order chi connectivity index (χ0) is 15.5. The summed E-state index contributed by atoms with van der Waals surface area (Å²) in [6, 6.07) is 13.2. The minimum absolute atomic E-state index is 0.0245. The monoisotopic (exact) mass is 301 g/mol. The van der Waals surface area contributed by atoms with Gasteiger partial charge in [-0.25, -0.2) is 8.42 Å². The first-order valence-electron chi connectivity index (χ1n) is 6.38. The van der Waals surface area contributed by atoms with Gasteiger partial charge >= 0.3 is 0 Å². The van der Waals surface area contributed by atoms with Gasteiger partial charge in [-0.05, 0) is 36.2 Å². The Morgan fingerprint density at radius 1 is 1.24 bits per heavy atom. The van der Waals surface area contributed by atoms with E-state index in [-0.39, 0.29) is 10.5 Å². The Bertz CT molecular complexity index is 808. The Labute approximate surface area is 124 Å². The fraction of sp³-hybridized carbons (Fsp3) is 0.133. The van der Waals surface area contributed by atoms with Crippen LogP contribution in [0.4, 0.5) is 11.4 Å². The van der Waals surface area contributed by atoms with Crippen LogP contribution in [0.15, 0.2) is 47.4 Å². The Morgan fingerprint density at radius 2 is 1.95 bits per heavy atom. The maximum atomic E-state index is 12.5. The van der Waals surface area contributed by atoms with Gasteiger partial charge < -0.3 is 5.73 Å². The molecule has 0 aliphatic carbocycles. The quantitative estimate of drug-likeness (QED) is 0.848. The van der Waals surface area contributed by atoms with Crippen LogP contribution in [0.5, 0.6) is 0 Å². The van der Waals surface area contributed by atoms with Gasteiger partial charge in [0.2, 0.25) is 0 Å². The lowest BCUT2D eigenvalue weighted by molar-refractivity contribution is 0.601. The molecule has 0 spiro atoms. The number of nitrogens with zero attached hydrogens (tertiary/aromatic N) is 1. The molecular weight excluding hydrogens is 286 g/mol. The maximum absolute atomic E-state index is 12.5. The number of nitriles is 1. The van der Waals surface area contributed by atoms with Crippen LogP contribution in [-0.2, 0) is 16.4 Å². The summed E-state index contributed by atoms with van der Waals surface area (Å²) >= 11 is 0. The van der Waals surface area contributed by atoms with E-state index >= 15 is 0 Å². The Morgan fingerprint density at radius 3 is 2.62 bits per heavy atom. The molecule has 5 nitrogen and oxygen atoms in total. The van der Waals surface area contributed by atoms with Crippen LogP contribution in [0.3, 0.4) is 0 Å². The van der Waals surface area contributed by atoms with Crippen molar-refractivity contribution in [1.82, 2.24) is 0 Å². The summed E-state index contributed by atoms with van der Waals surface area (Å²) in [6.45, 7) is 1.94. The predicted molar refractivity (Wildman–Crippen MR) is 82.2 cm³/mol. The maximum Gasteiger partial charge on any atom is 0.263 e. The van der Waals surface area contributed by atoms with E-state index in [2.05, 4.69) is 4.72 Å². The topological polar surface area (TPSA) is 96.0 Å². The third kappa shape index (κ3) is 3.15. The van der Waals surface area contributed by atoms with E-state index < -0.39 is 10.0 Å². The van der Waals surface area contributed by atoms with Crippen LogP contribution in [0.25, 0.3) is 0 Å². The van der Waals surface area contributed by atoms with Crippen molar-refractivity contribution in [2.75, 3.05) is 10.5 Å². The second-order valence-corrected chi connectivity index (χ2v) is 6.13. The van der Waals surface area contributed by atoms with Crippen molar-refractivity contribution in [1.29, 1.82) is 5.26 Å². The zero-order valence-electron chi connectivity index (χ0n) is 11.5. The number of aryl methyl sites for hydroxylation is 1. The highest BCUT2D eigenvalue weighted by Gasteiger charge is 2.19. The average molecular weight is 301 g/mol. The van der Waals surface area contributed by atoms with Crippen LogP contribution < -0.4 is 10.5 Å². The van der Waals surface area contributed by atoms with Crippen molar-refractivity contribution in [3.8, 4) is 6.07 Å². The lowest BCUT2D eigenvalue weighted by atomic mass is 10.1. The summed E-state index contributed by atoms with van der Waals surface area (Å²) in [7, 11) is -3.83. The van der Waals surface area contributed by atoms with Crippen molar-refractivity contribution in [2.45, 2.75) is 18.2 Å². The highest BCUT2D eigenvalue weighted by atomic mass is 32.2. The second-order valence-electron chi connectivity index (χ2n) is 4.48. The molecule has 108 valence electrons. The normalized spacial score (nSPS) is 10.9. The zero-order valence-corrected chi connectivity index (χ0v) is 12.3. The first-order valence-corrected chi connectivity index (χ1v) is 7.86. The van der Waals surface area contributed by atoms with Gasteiger partial charge in [0.1, 0.15) is 11.0 Å². The standard InChI is InChI=1S/C15H15N3O2S/c1-2-11-5-3-4-6-14(11)18-21(19,20)15-8-7-13(17)9-12(15)10-16/h3-9,18H,2,17H2,1H3. The number of hydrogen-bond donors (Lipinski definition) is 2. The number of nitrogens with two attached hydrogens (primary N) is 1. The van der Waals surface area contributed by atoms with Crippen LogP contribution in [0.1, 0.15) is 18.1 Å². The summed E-state index contributed by atoms with van der Waals surface area (Å²) in [4.78, 5) is -0.0786. The number of anilines is 2. The van der Waals surface area contributed by atoms with Crippen molar-refractivity contribution in [3.05, 3.63) is 53.6 Å². The summed E-state index contributed by atoms with van der Waals surface area (Å²) in [5.41, 5.74) is 7.35. The van der Waals surface area contributed by atoms with Gasteiger partial charge in [0.25, 0.3) is 10.0 Å². The largest absolute Gasteiger partial charge is 0.399 e. The van der Waals surface area contributed by atoms with Crippen LogP contribution >= 0.6 is 0 Å². The second kappa shape index (κ2) is 5.85. The number of sulfonamides is 1. The van der Waals surface area contributed by atoms with E-state index in [9.17, 15) is 8.42 Å². The lowest BCUT2D eigenvalue weighted by Gasteiger charge is -2.12. The van der Waals surface area contributed by atoms with Crippen molar-refractivity contribution >= 4 is 21.4 Å². The molecule has 0 atom stereocenters. The van der Waals surface area contributed by atoms with E-state index in [0.717, 1.165) is 5.56 Å². The van der Waals surface area contributed by atoms with Gasteiger partial charge in [0.15, 0.2) is 0 Å². The molecule has 2 aromatic carbocycles. The smallest absolute Gasteiger partial charge is 0.263 e. The third-order valence-corrected chi connectivity index (χ3v) is 4.48. The van der Waals surface area contributed by atoms with E-state index in [1.54, 1.807) is 12.1 Å². The van der Waals surface area contributed by atoms with Gasteiger partial charge in [0.05, 0.1) is 11.3 Å². The van der Waals surface area contributed by atoms with Crippen molar-refractivity contribution in [2.24, 2.45) is 0 Å². The first kappa shape index (κ1) is 14.9. The van der Waals surface area contributed by atoms with Gasteiger partial charge in [0, 0.05) is 5.69 Å². The number of nitrogen functional groups attached to an aromatic ring is 1. The van der Waals surface area contributed by atoms with Crippen LogP contribution in [0.2, 0.25) is 0 Å². The van der Waals surface area contributed by atoms with E-state index in [0.29, 0.717) is 17.8 Å². The van der Waals surface area contributed by atoms with Crippen molar-refractivity contribution in [3.63, 3.8) is 0 Å². The van der Waals surface area contributed by atoms with E-state index in [4.69, 9.17) is 11.0 Å². The number of rotatable bonds is 4. The van der Waals surface area contributed by atoms with Crippen molar-refractivity contribution < 1.29 is 8.42 Å². The van der Waals surface area contributed by atoms with E-state index in [1.807, 2.05) is 25.1 Å². The van der Waals surface area contributed by atoms with Gasteiger partial charge in [-0.3, -0.25) is 4.72 Å². The molecular formula is C15H15N3O2S. The Balaban J connectivity index is 2.47. The lowest BCUT2D eigenvalue weighted by Crippen LogP contribution is -2.15. The Hall–Kier alpha value is -2.52. The molecule has 0 bridgehead atoms. The van der Waals surface area contributed by atoms with Crippen LogP contribution in [-0.4, -0.2) is 8.42 Å². The Kier molecular flexibility index (Phi) is 4.15. The minimum Gasteiger partial charge on any atom is -0.399 e. The molecule has 0 radical (unpaired) electrons. The predicted octanol–water partition coefficient (Wildman–Crippen LogP) is 2.50. The van der Waals surface area contributed by atoms with Gasteiger partial charge in [-0.2, -0.15) is 5.26 Å². The molecule has 0 fully saturated rings. The molecule has 0 aliphatic rings. The average Bonchev–Trinajstić information content (AvgIpc) is 2.47. The van der Waals surface area contributed by atoms with Gasteiger partial charge in [-0.15, -0.1) is 0 Å². The molecule has 0 aromatic heterocycles. The molecule has 0 saturated carbocycles. The number of para-hydroxylation sites is 1. The summed E-state index contributed by atoms with van der Waals surface area (Å²) < 4.78 is 27.4. The molecule has 6 heteroatoms. The summed E-state index contributed by atoms with van der Waals surface area (Å²) in [6.07, 6.45) is 0.700. The molecule has 0 heterocycles. The first-order chi connectivity index (χ1) is 9.97. The molecule has 0 amide bonds. The minimum atomic E-state index is -3.83. The molecule has 0 aliphatic heterocycles. The third-order valence-electron chi connectivity index (χ3n) is 3.06. The molecule has 21 heavy (non-hydrogen) atoms. The highest BCUT2D eigenvalue weighted by molar-refractivity contribution is 7.92. The molecule has 0 saturated heterocycles. The number of hydrogen-bond acceptors (Lipinski definition) is 4. The summed E-state index contributed by atoms with van der Waals surface area (Å²) in [5.74, 6) is 0. The molecule has 2 rings (SSSR count). The number of nitrogens with one attached hydrogen (secondary N) is 1. The van der Waals surface area contributed by atoms with Gasteiger partial charge in [-0.1, -0.05) is 25.1 Å². The fourth-order valence-corrected chi connectivity index (χ4v) is 3.24.